The molecule has 3 atom stereocenters. The number of Topliss-reactive ketones (excluding diaryl/α,β-unsaturated/α-hetero) is 1. The minimum absolute atomic E-state index is 0.125. The van der Waals surface area contributed by atoms with Gasteiger partial charge in [-0.05, 0) is 21.0 Å². The number of rotatable bonds is 6. The van der Waals surface area contributed by atoms with Crippen molar-refractivity contribution in [2.45, 2.75) is 44.1 Å². The number of ketones is 1. The molecular formula is C27H30O7Si. The lowest BCUT2D eigenvalue weighted by Crippen LogP contribution is -2.70. The molecule has 4 rings (SSSR count). The molecule has 2 aromatic rings. The molecule has 0 saturated carbocycles. The van der Waals surface area contributed by atoms with E-state index in [4.69, 9.17) is 18.6 Å². The number of carbonyl (C=O) groups is 3. The molecule has 7 nitrogen and oxygen atoms in total. The van der Waals surface area contributed by atoms with Crippen molar-refractivity contribution in [2.24, 2.45) is 5.92 Å². The monoisotopic (exact) mass is 494 g/mol. The van der Waals surface area contributed by atoms with E-state index in [0.717, 1.165) is 16.4 Å². The van der Waals surface area contributed by atoms with E-state index in [1.54, 1.807) is 0 Å². The minimum Gasteiger partial charge on any atom is -0.468 e. The number of esters is 2. The number of benzene rings is 2. The molecule has 2 bridgehead atoms. The van der Waals surface area contributed by atoms with Crippen LogP contribution in [0.15, 0.2) is 72.3 Å². The van der Waals surface area contributed by atoms with Gasteiger partial charge in [0.15, 0.2) is 11.6 Å². The van der Waals surface area contributed by atoms with Crippen LogP contribution in [0.25, 0.3) is 0 Å². The fraction of sp³-hybridized carbons (Fsp3) is 0.370. The molecule has 2 aliphatic heterocycles. The van der Waals surface area contributed by atoms with Crippen molar-refractivity contribution < 1.29 is 33.0 Å². The van der Waals surface area contributed by atoms with Gasteiger partial charge in [0.1, 0.15) is 12.0 Å². The second-order valence-electron chi connectivity index (χ2n) is 9.84. The van der Waals surface area contributed by atoms with Crippen LogP contribution in [0.5, 0.6) is 0 Å². The molecule has 0 spiro atoms. The quantitative estimate of drug-likeness (QED) is 0.346. The second kappa shape index (κ2) is 9.18. The van der Waals surface area contributed by atoms with Crippen molar-refractivity contribution in [1.29, 1.82) is 0 Å². The summed E-state index contributed by atoms with van der Waals surface area (Å²) < 4.78 is 23.3. The Labute approximate surface area is 206 Å². The molecule has 2 aromatic carbocycles. The van der Waals surface area contributed by atoms with E-state index in [1.165, 1.54) is 14.2 Å². The molecule has 0 unspecified atom stereocenters. The van der Waals surface area contributed by atoms with Gasteiger partial charge in [0.25, 0.3) is 8.32 Å². The van der Waals surface area contributed by atoms with Crippen LogP contribution in [-0.4, -0.2) is 52.1 Å². The summed E-state index contributed by atoms with van der Waals surface area (Å²) in [5.74, 6) is -4.26. The first kappa shape index (κ1) is 25.0. The summed E-state index contributed by atoms with van der Waals surface area (Å²) in [5, 5.41) is 1.52. The van der Waals surface area contributed by atoms with Crippen LogP contribution < -0.4 is 10.4 Å². The van der Waals surface area contributed by atoms with E-state index in [9.17, 15) is 14.4 Å². The zero-order chi connectivity index (χ0) is 25.4. The van der Waals surface area contributed by atoms with Gasteiger partial charge in [0.05, 0.1) is 20.6 Å². The predicted molar refractivity (Wildman–Crippen MR) is 132 cm³/mol. The predicted octanol–water partition coefficient (Wildman–Crippen LogP) is 2.52. The minimum atomic E-state index is -3.22. The molecule has 2 aliphatic rings. The fourth-order valence-corrected chi connectivity index (χ4v) is 9.97. The van der Waals surface area contributed by atoms with Gasteiger partial charge in [-0.25, -0.2) is 4.79 Å². The van der Waals surface area contributed by atoms with Gasteiger partial charge in [-0.2, -0.15) is 0 Å². The topological polar surface area (TPSA) is 88.1 Å². The Morgan fingerprint density at radius 3 is 1.97 bits per heavy atom. The zero-order valence-corrected chi connectivity index (χ0v) is 21.6. The maximum atomic E-state index is 13.1. The van der Waals surface area contributed by atoms with Crippen LogP contribution in [0.4, 0.5) is 0 Å². The summed E-state index contributed by atoms with van der Waals surface area (Å²) >= 11 is 0. The van der Waals surface area contributed by atoms with Crippen molar-refractivity contribution >= 4 is 36.4 Å². The van der Waals surface area contributed by atoms with Gasteiger partial charge in [-0.1, -0.05) is 81.4 Å². The molecular weight excluding hydrogens is 464 g/mol. The van der Waals surface area contributed by atoms with Crippen molar-refractivity contribution in [2.75, 3.05) is 14.2 Å². The maximum Gasteiger partial charge on any atom is 0.330 e. The summed E-state index contributed by atoms with van der Waals surface area (Å²) in [5.41, 5.74) is 0.206. The number of methoxy groups -OCH3 is 2. The van der Waals surface area contributed by atoms with Crippen LogP contribution in [0.2, 0.25) is 5.04 Å². The maximum absolute atomic E-state index is 13.1. The van der Waals surface area contributed by atoms with Gasteiger partial charge in [0.2, 0.25) is 0 Å². The summed E-state index contributed by atoms with van der Waals surface area (Å²) in [6.07, 6.45) is -0.0448. The molecule has 2 heterocycles. The van der Waals surface area contributed by atoms with Crippen LogP contribution in [-0.2, 0) is 33.0 Å². The Balaban J connectivity index is 1.97. The van der Waals surface area contributed by atoms with Gasteiger partial charge in [0, 0.05) is 6.08 Å². The summed E-state index contributed by atoms with van der Waals surface area (Å²) in [7, 11) is -0.718. The number of carbonyl (C=O) groups excluding carboxylic acids is 3. The Kier molecular flexibility index (Phi) is 6.57. The lowest BCUT2D eigenvalue weighted by molar-refractivity contribution is -0.185. The molecule has 0 N–H and O–H groups in total. The van der Waals surface area contributed by atoms with Gasteiger partial charge in [-0.3, -0.25) is 9.59 Å². The molecule has 8 heteroatoms. The third-order valence-electron chi connectivity index (χ3n) is 6.77. The largest absolute Gasteiger partial charge is 0.468 e. The van der Waals surface area contributed by atoms with Gasteiger partial charge in [-0.15, -0.1) is 0 Å². The summed E-state index contributed by atoms with van der Waals surface area (Å²) in [6, 6.07) is 19.7. The van der Waals surface area contributed by atoms with E-state index in [-0.39, 0.29) is 17.8 Å². The first-order valence-corrected chi connectivity index (χ1v) is 13.4. The normalized spacial score (nSPS) is 25.1. The van der Waals surface area contributed by atoms with E-state index in [1.807, 2.05) is 60.7 Å². The molecule has 2 fully saturated rings. The number of hydrogen-bond acceptors (Lipinski definition) is 7. The van der Waals surface area contributed by atoms with Crippen LogP contribution in [0, 0.1) is 5.92 Å². The number of ether oxygens (including phenoxy) is 3. The molecule has 0 amide bonds. The number of hydrogen-bond donors (Lipinski definition) is 0. The smallest absolute Gasteiger partial charge is 0.330 e. The molecule has 184 valence electrons. The van der Waals surface area contributed by atoms with Crippen LogP contribution >= 0.6 is 0 Å². The van der Waals surface area contributed by atoms with Crippen molar-refractivity contribution in [1.82, 2.24) is 0 Å². The molecule has 0 aliphatic carbocycles. The average molecular weight is 495 g/mol. The standard InChI is InChI=1S/C27H30O7Si/c1-26(2,3)35(18-12-8-6-9-13-18,19-14-10-7-11-15-19)34-27-17-21(28)24(33-27)20(16-22(29)31-4)23(27)25(30)32-5/h6-16,23-24H,17H2,1-5H3/b20-16+/t23-,24+,27-/m1/s1. The van der Waals surface area contributed by atoms with Gasteiger partial charge < -0.3 is 18.6 Å². The second-order valence-corrected chi connectivity index (χ2v) is 14.1. The molecule has 2 saturated heterocycles. The van der Waals surface area contributed by atoms with Crippen molar-refractivity contribution in [3.8, 4) is 0 Å². The summed E-state index contributed by atoms with van der Waals surface area (Å²) in [6.45, 7) is 6.28. The third kappa shape index (κ3) is 4.05. The fourth-order valence-electron chi connectivity index (χ4n) is 5.29. The van der Waals surface area contributed by atoms with E-state index in [2.05, 4.69) is 20.8 Å². The van der Waals surface area contributed by atoms with Crippen molar-refractivity contribution in [3.05, 3.63) is 72.3 Å². The molecule has 0 aromatic heterocycles. The third-order valence-corrected chi connectivity index (χ3v) is 11.8. The Bertz CT molecular complexity index is 1110. The Morgan fingerprint density at radius 2 is 1.51 bits per heavy atom. The Hall–Kier alpha value is -3.07. The van der Waals surface area contributed by atoms with E-state index >= 15 is 0 Å². The lowest BCUT2D eigenvalue weighted by atomic mass is 9.81. The van der Waals surface area contributed by atoms with E-state index < -0.39 is 43.1 Å². The molecule has 35 heavy (non-hydrogen) atoms. The highest BCUT2D eigenvalue weighted by Crippen LogP contribution is 2.53. The van der Waals surface area contributed by atoms with E-state index in [0.29, 0.717) is 0 Å². The van der Waals surface area contributed by atoms with Gasteiger partial charge >= 0.3 is 11.9 Å². The first-order chi connectivity index (χ1) is 16.6. The van der Waals surface area contributed by atoms with Crippen molar-refractivity contribution in [3.63, 3.8) is 0 Å². The highest BCUT2D eigenvalue weighted by atomic mass is 28.4. The average Bonchev–Trinajstić information content (AvgIpc) is 3.33. The lowest BCUT2D eigenvalue weighted by Gasteiger charge is -2.48. The highest BCUT2D eigenvalue weighted by Gasteiger charge is 2.69. The van der Waals surface area contributed by atoms with Crippen LogP contribution in [0.1, 0.15) is 27.2 Å². The number of fused-ring (bicyclic) bond motifs is 2. The zero-order valence-electron chi connectivity index (χ0n) is 20.6. The molecule has 0 radical (unpaired) electrons. The SMILES string of the molecule is COC(=O)/C=C1/[C@@H]2O[C@@](O[Si](c3ccccc3)(c3ccccc3)C(C)(C)C)(CC2=O)[C@H]1C(=O)OC. The first-order valence-electron chi connectivity index (χ1n) is 11.5. The highest BCUT2D eigenvalue weighted by molar-refractivity contribution is 6.99. The Morgan fingerprint density at radius 1 is 0.971 bits per heavy atom. The van der Waals surface area contributed by atoms with Crippen LogP contribution in [0.3, 0.4) is 0 Å². The summed E-state index contributed by atoms with van der Waals surface area (Å²) in [4.78, 5) is 38.3.